The molecule has 3 heterocycles. The van der Waals surface area contributed by atoms with E-state index in [1.807, 2.05) is 0 Å². The predicted octanol–water partition coefficient (Wildman–Crippen LogP) is 3.53. The molecule has 1 fully saturated rings. The first kappa shape index (κ1) is 24.7. The topological polar surface area (TPSA) is 104 Å². The van der Waals surface area contributed by atoms with Crippen molar-refractivity contribution in [1.29, 1.82) is 0 Å². The molecule has 1 saturated heterocycles. The molecule has 2 aromatic carbocycles. The van der Waals surface area contributed by atoms with Gasteiger partial charge in [0.15, 0.2) is 11.6 Å². The summed E-state index contributed by atoms with van der Waals surface area (Å²) in [6, 6.07) is 6.18. The predicted molar refractivity (Wildman–Crippen MR) is 130 cm³/mol. The SMILES string of the molecule is COc1ccc([C@H](NC(=O)c2cc(F)c3cnc(CC4CCOCC4)nc3c2)c2cnn(C)n2)cc1F. The van der Waals surface area contributed by atoms with Gasteiger partial charge >= 0.3 is 0 Å². The second-order valence-corrected chi connectivity index (χ2v) is 9.00. The molecule has 1 amide bonds. The maximum absolute atomic E-state index is 15.0. The van der Waals surface area contributed by atoms with E-state index in [2.05, 4.69) is 25.5 Å². The van der Waals surface area contributed by atoms with Crippen LogP contribution in [0.4, 0.5) is 8.78 Å². The highest BCUT2D eigenvalue weighted by atomic mass is 19.1. The molecular weight excluding hydrogens is 482 g/mol. The molecule has 0 spiro atoms. The van der Waals surface area contributed by atoms with E-state index in [0.717, 1.165) is 18.9 Å². The van der Waals surface area contributed by atoms with E-state index in [9.17, 15) is 13.6 Å². The number of aromatic nitrogens is 5. The van der Waals surface area contributed by atoms with Crippen LogP contribution in [0.15, 0.2) is 42.7 Å². The Kier molecular flexibility index (Phi) is 7.04. The molecule has 0 unspecified atom stereocenters. The zero-order valence-corrected chi connectivity index (χ0v) is 20.4. The highest BCUT2D eigenvalue weighted by molar-refractivity contribution is 5.98. The summed E-state index contributed by atoms with van der Waals surface area (Å²) in [6.45, 7) is 1.42. The number of amides is 1. The van der Waals surface area contributed by atoms with Crippen LogP contribution in [0.1, 0.15) is 46.3 Å². The summed E-state index contributed by atoms with van der Waals surface area (Å²) in [6.07, 6.45) is 5.44. The third-order valence-electron chi connectivity index (χ3n) is 6.47. The molecule has 0 radical (unpaired) electrons. The van der Waals surface area contributed by atoms with Gasteiger partial charge in [-0.15, -0.1) is 0 Å². The van der Waals surface area contributed by atoms with Crippen LogP contribution < -0.4 is 10.1 Å². The lowest BCUT2D eigenvalue weighted by Crippen LogP contribution is -2.30. The smallest absolute Gasteiger partial charge is 0.252 e. The Balaban J connectivity index is 1.44. The van der Waals surface area contributed by atoms with Gasteiger partial charge in [-0.05, 0) is 48.6 Å². The zero-order valence-electron chi connectivity index (χ0n) is 20.4. The average Bonchev–Trinajstić information content (AvgIpc) is 3.33. The maximum atomic E-state index is 15.0. The van der Waals surface area contributed by atoms with Crippen molar-refractivity contribution in [1.82, 2.24) is 30.3 Å². The van der Waals surface area contributed by atoms with Gasteiger partial charge in [-0.25, -0.2) is 18.7 Å². The Hall–Kier alpha value is -3.99. The standard InChI is InChI=1S/C26H26F2N6O3/c1-34-30-14-22(33-34)25(16-3-4-23(36-2)20(28)10-16)32-26(35)17-11-19(27)18-13-29-24(31-21(18)12-17)9-15-5-7-37-8-6-15/h3-4,10-15,25H,5-9H2,1-2H3,(H,32,35)/t25-/m0/s1. The Bertz CT molecular complexity index is 1440. The maximum Gasteiger partial charge on any atom is 0.252 e. The van der Waals surface area contributed by atoms with Crippen molar-refractivity contribution >= 4 is 16.8 Å². The second kappa shape index (κ2) is 10.6. The van der Waals surface area contributed by atoms with Gasteiger partial charge in [0, 0.05) is 38.4 Å². The summed E-state index contributed by atoms with van der Waals surface area (Å²) >= 11 is 0. The summed E-state index contributed by atoms with van der Waals surface area (Å²) in [4.78, 5) is 23.5. The van der Waals surface area contributed by atoms with Crippen molar-refractivity contribution in [3.8, 4) is 5.75 Å². The van der Waals surface area contributed by atoms with E-state index >= 15 is 0 Å². The summed E-state index contributed by atoms with van der Waals surface area (Å²) in [5.74, 6) is -0.693. The number of aryl methyl sites for hydroxylation is 1. The molecule has 1 aliphatic heterocycles. The molecule has 37 heavy (non-hydrogen) atoms. The van der Waals surface area contributed by atoms with Crippen LogP contribution in [0.2, 0.25) is 0 Å². The first-order valence-electron chi connectivity index (χ1n) is 11.9. The number of hydrogen-bond donors (Lipinski definition) is 1. The number of carbonyl (C=O) groups excluding carboxylic acids is 1. The van der Waals surface area contributed by atoms with Crippen LogP contribution in [0.5, 0.6) is 5.75 Å². The van der Waals surface area contributed by atoms with E-state index in [1.165, 1.54) is 42.5 Å². The molecule has 1 aliphatic rings. The monoisotopic (exact) mass is 508 g/mol. The largest absolute Gasteiger partial charge is 0.494 e. The van der Waals surface area contributed by atoms with Gasteiger partial charge < -0.3 is 14.8 Å². The minimum atomic E-state index is -0.838. The van der Waals surface area contributed by atoms with Crippen molar-refractivity contribution < 1.29 is 23.0 Å². The number of rotatable bonds is 7. The molecule has 5 rings (SSSR count). The molecule has 0 saturated carbocycles. The van der Waals surface area contributed by atoms with Crippen molar-refractivity contribution in [2.24, 2.45) is 13.0 Å². The van der Waals surface area contributed by atoms with Gasteiger partial charge in [0.05, 0.1) is 24.2 Å². The van der Waals surface area contributed by atoms with Crippen LogP contribution in [-0.2, 0) is 18.2 Å². The fraction of sp³-hybridized carbons (Fsp3) is 0.346. The Morgan fingerprint density at radius 1 is 1.19 bits per heavy atom. The fourth-order valence-electron chi connectivity index (χ4n) is 4.47. The van der Waals surface area contributed by atoms with Crippen LogP contribution in [-0.4, -0.2) is 51.2 Å². The lowest BCUT2D eigenvalue weighted by atomic mass is 9.96. The van der Waals surface area contributed by atoms with Crippen molar-refractivity contribution in [2.45, 2.75) is 25.3 Å². The van der Waals surface area contributed by atoms with Crippen molar-refractivity contribution in [2.75, 3.05) is 20.3 Å². The highest BCUT2D eigenvalue weighted by Gasteiger charge is 2.23. The number of methoxy groups -OCH3 is 1. The van der Waals surface area contributed by atoms with Gasteiger partial charge in [0.2, 0.25) is 0 Å². The summed E-state index contributed by atoms with van der Waals surface area (Å²) in [7, 11) is 3.00. The quantitative estimate of drug-likeness (QED) is 0.407. The lowest BCUT2D eigenvalue weighted by molar-refractivity contribution is 0.0660. The molecule has 4 aromatic rings. The van der Waals surface area contributed by atoms with Crippen LogP contribution in [0, 0.1) is 17.6 Å². The molecule has 192 valence electrons. The summed E-state index contributed by atoms with van der Waals surface area (Å²) in [5.41, 5.74) is 1.23. The number of halogens is 2. The van der Waals surface area contributed by atoms with E-state index in [4.69, 9.17) is 9.47 Å². The number of fused-ring (bicyclic) bond motifs is 1. The van der Waals surface area contributed by atoms with Gasteiger partial charge in [-0.3, -0.25) is 4.79 Å². The minimum absolute atomic E-state index is 0.0702. The van der Waals surface area contributed by atoms with E-state index in [0.29, 0.717) is 48.2 Å². The highest BCUT2D eigenvalue weighted by Crippen LogP contribution is 2.27. The average molecular weight is 509 g/mol. The number of nitrogens with one attached hydrogen (secondary N) is 1. The summed E-state index contributed by atoms with van der Waals surface area (Å²) < 4.78 is 39.8. The molecular formula is C26H26F2N6O3. The second-order valence-electron chi connectivity index (χ2n) is 9.00. The number of hydrogen-bond acceptors (Lipinski definition) is 7. The van der Waals surface area contributed by atoms with Gasteiger partial charge in [-0.1, -0.05) is 6.07 Å². The van der Waals surface area contributed by atoms with Crippen LogP contribution in [0.25, 0.3) is 10.9 Å². The molecule has 1 atom stereocenters. The first-order chi connectivity index (χ1) is 17.9. The first-order valence-corrected chi connectivity index (χ1v) is 11.9. The Morgan fingerprint density at radius 2 is 2.00 bits per heavy atom. The molecule has 1 N–H and O–H groups in total. The van der Waals surface area contributed by atoms with Crippen LogP contribution >= 0.6 is 0 Å². The molecule has 0 bridgehead atoms. The van der Waals surface area contributed by atoms with E-state index in [-0.39, 0.29) is 16.7 Å². The number of nitrogens with zero attached hydrogens (tertiary/aromatic N) is 5. The lowest BCUT2D eigenvalue weighted by Gasteiger charge is -2.21. The normalized spacial score (nSPS) is 15.0. The zero-order chi connectivity index (χ0) is 25.9. The molecule has 0 aliphatic carbocycles. The minimum Gasteiger partial charge on any atom is -0.494 e. The number of carbonyl (C=O) groups is 1. The fourth-order valence-corrected chi connectivity index (χ4v) is 4.47. The molecule has 9 nitrogen and oxygen atoms in total. The summed E-state index contributed by atoms with van der Waals surface area (Å²) in [5, 5.41) is 11.4. The van der Waals surface area contributed by atoms with Crippen LogP contribution in [0.3, 0.4) is 0 Å². The van der Waals surface area contributed by atoms with Gasteiger partial charge in [0.25, 0.3) is 5.91 Å². The van der Waals surface area contributed by atoms with Gasteiger partial charge in [-0.2, -0.15) is 15.0 Å². The Labute approximate surface area is 211 Å². The van der Waals surface area contributed by atoms with Crippen molar-refractivity contribution in [3.05, 3.63) is 77.0 Å². The third-order valence-corrected chi connectivity index (χ3v) is 6.47. The number of ether oxygens (including phenoxy) is 2. The Morgan fingerprint density at radius 3 is 2.70 bits per heavy atom. The molecule has 2 aromatic heterocycles. The molecule has 11 heteroatoms. The number of benzene rings is 2. The van der Waals surface area contributed by atoms with Crippen molar-refractivity contribution in [3.63, 3.8) is 0 Å². The van der Waals surface area contributed by atoms with E-state index < -0.39 is 23.6 Å². The van der Waals surface area contributed by atoms with E-state index in [1.54, 1.807) is 13.1 Å². The third kappa shape index (κ3) is 5.41. The van der Waals surface area contributed by atoms with Gasteiger partial charge in [0.1, 0.15) is 23.4 Å².